The van der Waals surface area contributed by atoms with Crippen LogP contribution in [0.4, 0.5) is 4.39 Å². The number of carbonyl (C=O) groups excluding carboxylic acids is 1. The highest BCUT2D eigenvalue weighted by atomic mass is 19.1. The molecule has 2 heterocycles. The molecule has 3 aromatic carbocycles. The molecule has 26 heavy (non-hydrogen) atoms. The monoisotopic (exact) mass is 346 g/mol. The van der Waals surface area contributed by atoms with E-state index in [1.54, 1.807) is 12.1 Å². The number of aromatic nitrogens is 1. The Labute approximate surface area is 150 Å². The van der Waals surface area contributed by atoms with Crippen LogP contribution in [-0.4, -0.2) is 21.9 Å². The first-order valence-electron chi connectivity index (χ1n) is 9.02. The number of aryl methyl sites for hydroxylation is 1. The third-order valence-corrected chi connectivity index (χ3v) is 5.56. The third-order valence-electron chi connectivity index (χ3n) is 5.56. The minimum absolute atomic E-state index is 0.0632. The van der Waals surface area contributed by atoms with Gasteiger partial charge in [0.25, 0.3) is 5.91 Å². The Morgan fingerprint density at radius 2 is 1.88 bits per heavy atom. The van der Waals surface area contributed by atoms with Crippen LogP contribution in [0.5, 0.6) is 0 Å². The maximum atomic E-state index is 14.1. The predicted octanol–water partition coefficient (Wildman–Crippen LogP) is 4.99. The number of hydrogen-bond donors (Lipinski definition) is 0. The van der Waals surface area contributed by atoms with Gasteiger partial charge in [-0.3, -0.25) is 4.79 Å². The number of amides is 1. The summed E-state index contributed by atoms with van der Waals surface area (Å²) >= 11 is 0. The maximum absolute atomic E-state index is 14.1. The lowest BCUT2D eigenvalue weighted by molar-refractivity contribution is 0.0780. The Morgan fingerprint density at radius 1 is 1.08 bits per heavy atom. The van der Waals surface area contributed by atoms with Crippen LogP contribution in [0.2, 0.25) is 0 Å². The number of carbonyl (C=O) groups is 1. The molecule has 0 radical (unpaired) electrons. The summed E-state index contributed by atoms with van der Waals surface area (Å²) < 4.78 is 16.2. The third kappa shape index (κ3) is 1.84. The van der Waals surface area contributed by atoms with E-state index in [1.165, 1.54) is 6.07 Å². The van der Waals surface area contributed by atoms with Gasteiger partial charge in [-0.15, -0.1) is 0 Å². The van der Waals surface area contributed by atoms with Crippen LogP contribution in [0.1, 0.15) is 29.3 Å². The van der Waals surface area contributed by atoms with Gasteiger partial charge in [-0.05, 0) is 35.6 Å². The average Bonchev–Trinajstić information content (AvgIpc) is 3.12. The molecule has 4 aromatic rings. The van der Waals surface area contributed by atoms with Gasteiger partial charge in [0.05, 0.1) is 11.1 Å². The second-order valence-electron chi connectivity index (χ2n) is 7.07. The van der Waals surface area contributed by atoms with Crippen molar-refractivity contribution in [2.75, 3.05) is 6.54 Å². The van der Waals surface area contributed by atoms with Gasteiger partial charge in [-0.2, -0.15) is 0 Å². The molecule has 0 N–H and O–H groups in total. The minimum Gasteiger partial charge on any atom is -0.343 e. The summed E-state index contributed by atoms with van der Waals surface area (Å²) in [5.41, 5.74) is 3.93. The van der Waals surface area contributed by atoms with Crippen molar-refractivity contribution >= 4 is 38.5 Å². The Bertz CT molecular complexity index is 1220. The smallest absolute Gasteiger partial charge is 0.255 e. The Balaban J connectivity index is 2.04. The second kappa shape index (κ2) is 5.31. The molecule has 3 nitrogen and oxygen atoms in total. The molecule has 5 rings (SSSR count). The van der Waals surface area contributed by atoms with Gasteiger partial charge in [0.15, 0.2) is 0 Å². The van der Waals surface area contributed by atoms with E-state index >= 15 is 0 Å². The van der Waals surface area contributed by atoms with Crippen molar-refractivity contribution in [3.63, 3.8) is 0 Å². The maximum Gasteiger partial charge on any atom is 0.255 e. The Hall–Kier alpha value is -2.88. The first-order chi connectivity index (χ1) is 12.6. The van der Waals surface area contributed by atoms with Crippen LogP contribution < -0.4 is 0 Å². The average molecular weight is 346 g/mol. The van der Waals surface area contributed by atoms with Crippen molar-refractivity contribution < 1.29 is 9.18 Å². The molecule has 1 aliphatic rings. The van der Waals surface area contributed by atoms with E-state index in [9.17, 15) is 9.18 Å². The number of para-hydroxylation sites is 1. The Morgan fingerprint density at radius 3 is 2.69 bits per heavy atom. The lowest BCUT2D eigenvalue weighted by atomic mass is 9.95. The number of nitrogens with zero attached hydrogens (tertiary/aromatic N) is 2. The van der Waals surface area contributed by atoms with Gasteiger partial charge < -0.3 is 9.47 Å². The molecule has 0 bridgehead atoms. The molecule has 0 saturated carbocycles. The molecule has 0 atom stereocenters. The molecular weight excluding hydrogens is 327 g/mol. The van der Waals surface area contributed by atoms with Crippen molar-refractivity contribution in [3.8, 4) is 0 Å². The molecule has 1 aliphatic heterocycles. The van der Waals surface area contributed by atoms with Crippen LogP contribution in [0.15, 0.2) is 42.5 Å². The Kier molecular flexibility index (Phi) is 3.14. The highest BCUT2D eigenvalue weighted by molar-refractivity contribution is 6.25. The van der Waals surface area contributed by atoms with Gasteiger partial charge in [0, 0.05) is 41.8 Å². The predicted molar refractivity (Wildman–Crippen MR) is 103 cm³/mol. The van der Waals surface area contributed by atoms with E-state index in [0.29, 0.717) is 6.54 Å². The topological polar surface area (TPSA) is 25.2 Å². The van der Waals surface area contributed by atoms with Crippen LogP contribution in [-0.2, 0) is 13.6 Å². The molecular formula is C22H19FN2O. The lowest BCUT2D eigenvalue weighted by Crippen LogP contribution is -2.24. The quantitative estimate of drug-likeness (QED) is 0.502. The fourth-order valence-corrected chi connectivity index (χ4v) is 4.51. The zero-order valence-corrected chi connectivity index (χ0v) is 14.8. The summed E-state index contributed by atoms with van der Waals surface area (Å²) in [6.07, 6.45) is 0.922. The van der Waals surface area contributed by atoms with Crippen molar-refractivity contribution in [2.24, 2.45) is 7.05 Å². The summed E-state index contributed by atoms with van der Waals surface area (Å²) in [4.78, 5) is 15.0. The lowest BCUT2D eigenvalue weighted by Gasteiger charge is -2.13. The van der Waals surface area contributed by atoms with Crippen molar-refractivity contribution in [1.82, 2.24) is 9.47 Å². The summed E-state index contributed by atoms with van der Waals surface area (Å²) in [6.45, 7) is 3.44. The first kappa shape index (κ1) is 15.4. The zero-order valence-electron chi connectivity index (χ0n) is 14.8. The van der Waals surface area contributed by atoms with Crippen LogP contribution in [0, 0.1) is 5.82 Å². The molecule has 130 valence electrons. The van der Waals surface area contributed by atoms with E-state index in [1.807, 2.05) is 24.1 Å². The molecule has 0 unspecified atom stereocenters. The van der Waals surface area contributed by atoms with Gasteiger partial charge >= 0.3 is 0 Å². The fourth-order valence-electron chi connectivity index (χ4n) is 4.51. The standard InChI is InChI=1S/C22H19FN2O/c1-3-10-25-12-17-19-15-6-4-5-7-18(15)24(2)21(19)16-11-13(23)8-9-14(16)20(17)22(25)26/h4-9,11H,3,10,12H2,1-2H3. The van der Waals surface area contributed by atoms with E-state index < -0.39 is 0 Å². The molecule has 0 spiro atoms. The molecule has 0 aliphatic carbocycles. The summed E-state index contributed by atoms with van der Waals surface area (Å²) in [7, 11) is 2.02. The minimum atomic E-state index is -0.278. The summed E-state index contributed by atoms with van der Waals surface area (Å²) in [5.74, 6) is -0.215. The van der Waals surface area contributed by atoms with Crippen LogP contribution in [0.3, 0.4) is 0 Å². The largest absolute Gasteiger partial charge is 0.343 e. The van der Waals surface area contributed by atoms with Crippen LogP contribution in [0.25, 0.3) is 32.6 Å². The molecule has 0 saturated heterocycles. The summed E-state index contributed by atoms with van der Waals surface area (Å²) in [6, 6.07) is 13.0. The summed E-state index contributed by atoms with van der Waals surface area (Å²) in [5, 5.41) is 3.87. The molecule has 0 fully saturated rings. The van der Waals surface area contributed by atoms with Gasteiger partial charge in [-0.1, -0.05) is 31.2 Å². The molecule has 1 amide bonds. The van der Waals surface area contributed by atoms with Crippen molar-refractivity contribution in [1.29, 1.82) is 0 Å². The number of halogens is 1. The highest BCUT2D eigenvalue weighted by Gasteiger charge is 2.32. The number of fused-ring (bicyclic) bond motifs is 8. The molecule has 4 heteroatoms. The SMILES string of the molecule is CCCN1Cc2c(c3ccc(F)cc3c3c2c2ccccc2n3C)C1=O. The molecule has 1 aromatic heterocycles. The van der Waals surface area contributed by atoms with Crippen LogP contribution >= 0.6 is 0 Å². The van der Waals surface area contributed by atoms with E-state index in [4.69, 9.17) is 0 Å². The van der Waals surface area contributed by atoms with E-state index in [-0.39, 0.29) is 11.7 Å². The second-order valence-corrected chi connectivity index (χ2v) is 7.07. The zero-order chi connectivity index (χ0) is 18.0. The number of benzene rings is 3. The van der Waals surface area contributed by atoms with Crippen molar-refractivity contribution in [3.05, 3.63) is 59.4 Å². The fraction of sp³-hybridized carbons (Fsp3) is 0.227. The number of hydrogen-bond acceptors (Lipinski definition) is 1. The first-order valence-corrected chi connectivity index (χ1v) is 9.02. The van der Waals surface area contributed by atoms with Gasteiger partial charge in [0.1, 0.15) is 5.82 Å². The highest BCUT2D eigenvalue weighted by Crippen LogP contribution is 2.42. The van der Waals surface area contributed by atoms with Crippen molar-refractivity contribution in [2.45, 2.75) is 19.9 Å². The van der Waals surface area contributed by atoms with E-state index in [2.05, 4.69) is 23.6 Å². The normalized spacial score (nSPS) is 14.1. The van der Waals surface area contributed by atoms with E-state index in [0.717, 1.165) is 56.7 Å². The number of rotatable bonds is 2. The van der Waals surface area contributed by atoms with Gasteiger partial charge in [-0.25, -0.2) is 4.39 Å². The van der Waals surface area contributed by atoms with Gasteiger partial charge in [0.2, 0.25) is 0 Å².